The predicted molar refractivity (Wildman–Crippen MR) is 247 cm³/mol. The summed E-state index contributed by atoms with van der Waals surface area (Å²) in [6.45, 7) is 4.36. The van der Waals surface area contributed by atoms with Crippen LogP contribution >= 0.6 is 0 Å². The van der Waals surface area contributed by atoms with Gasteiger partial charge in [-0.2, -0.15) is 0 Å². The summed E-state index contributed by atoms with van der Waals surface area (Å²) in [5.41, 5.74) is 0. The highest BCUT2D eigenvalue weighted by Crippen LogP contribution is 2.11. The Bertz CT molecular complexity index is 1370. The van der Waals surface area contributed by atoms with Gasteiger partial charge in [0.15, 0.2) is 12.1 Å². The Morgan fingerprint density at radius 1 is 0.525 bits per heavy atom. The molecule has 8 heteroatoms. The quantitative estimate of drug-likeness (QED) is 0.0219. The summed E-state index contributed by atoms with van der Waals surface area (Å²) in [6, 6.07) is -0.635. The van der Waals surface area contributed by atoms with Gasteiger partial charge in [0.05, 0.1) is 34.4 Å². The number of carboxylic acid groups (broad SMARTS) is 1. The fraction of sp³-hybridized carbons (Fsp3) is 0.549. The van der Waals surface area contributed by atoms with Crippen LogP contribution in [0.4, 0.5) is 0 Å². The zero-order valence-corrected chi connectivity index (χ0v) is 37.4. The Morgan fingerprint density at radius 3 is 1.49 bits per heavy atom. The van der Waals surface area contributed by atoms with Crippen molar-refractivity contribution in [1.82, 2.24) is 0 Å². The molecule has 0 fully saturated rings. The number of unbranched alkanes of at least 4 members (excludes halogenated alkanes) is 6. The van der Waals surface area contributed by atoms with Crippen LogP contribution in [-0.2, 0) is 28.6 Å². The zero-order chi connectivity index (χ0) is 43.5. The molecule has 59 heavy (non-hydrogen) atoms. The van der Waals surface area contributed by atoms with Gasteiger partial charge in [-0.15, -0.1) is 0 Å². The van der Waals surface area contributed by atoms with Crippen LogP contribution in [0.3, 0.4) is 0 Å². The third kappa shape index (κ3) is 39.0. The lowest BCUT2D eigenvalue weighted by Gasteiger charge is -2.31. The average Bonchev–Trinajstić information content (AvgIpc) is 3.19. The number of carbonyl (C=O) groups is 3. The monoisotopic (exact) mass is 819 g/mol. The van der Waals surface area contributed by atoms with E-state index in [4.69, 9.17) is 14.2 Å². The van der Waals surface area contributed by atoms with Crippen molar-refractivity contribution in [3.63, 3.8) is 0 Å². The Kier molecular flexibility index (Phi) is 37.6. The van der Waals surface area contributed by atoms with Crippen molar-refractivity contribution in [3.8, 4) is 0 Å². The number of likely N-dealkylation sites (N-methyl/N-ethyl adjacent to an activating group) is 1. The molecule has 8 nitrogen and oxygen atoms in total. The zero-order valence-electron chi connectivity index (χ0n) is 37.4. The molecule has 0 aromatic carbocycles. The second kappa shape index (κ2) is 40.5. The summed E-state index contributed by atoms with van der Waals surface area (Å²) >= 11 is 0. The highest BCUT2D eigenvalue weighted by atomic mass is 16.6. The molecule has 2 atom stereocenters. The first-order valence-corrected chi connectivity index (χ1v) is 22.1. The van der Waals surface area contributed by atoms with Crippen LogP contribution in [0.5, 0.6) is 0 Å². The highest BCUT2D eigenvalue weighted by Gasteiger charge is 2.31. The molecule has 0 saturated heterocycles. The van der Waals surface area contributed by atoms with Crippen molar-refractivity contribution >= 4 is 17.9 Å². The van der Waals surface area contributed by atoms with Gasteiger partial charge in [0, 0.05) is 19.3 Å². The first-order chi connectivity index (χ1) is 28.6. The molecule has 0 amide bonds. The maximum Gasteiger partial charge on any atom is 0.362 e. The van der Waals surface area contributed by atoms with Crippen molar-refractivity contribution in [2.45, 2.75) is 142 Å². The van der Waals surface area contributed by atoms with E-state index in [1.165, 1.54) is 0 Å². The predicted octanol–water partition coefficient (Wildman–Crippen LogP) is 12.2. The van der Waals surface area contributed by atoms with Crippen LogP contribution in [-0.4, -0.2) is 80.6 Å². The SMILES string of the molecule is CC/C=C/C=C/C=C/C=C/CCCCCC(=O)OC(COCCC(C(=O)O)[N+](C)(C)C)COC(=O)CCCCC/C=C/C/C=C/C/C=C/C/C=C/C/C=C/C/C=C/CC. The minimum absolute atomic E-state index is 0.0247. The number of esters is 2. The molecule has 0 aromatic heterocycles. The van der Waals surface area contributed by atoms with E-state index in [9.17, 15) is 19.5 Å². The van der Waals surface area contributed by atoms with E-state index in [1.54, 1.807) is 0 Å². The maximum atomic E-state index is 12.7. The Hall–Kier alpha value is -4.27. The molecule has 0 rings (SSSR count). The van der Waals surface area contributed by atoms with Gasteiger partial charge in [0.1, 0.15) is 6.61 Å². The summed E-state index contributed by atoms with van der Waals surface area (Å²) in [5, 5.41) is 9.62. The molecule has 0 spiro atoms. The number of nitrogens with zero attached hydrogens (tertiary/aromatic N) is 1. The number of hydrogen-bond acceptors (Lipinski definition) is 6. The van der Waals surface area contributed by atoms with Gasteiger partial charge in [-0.05, 0) is 83.5 Å². The van der Waals surface area contributed by atoms with Gasteiger partial charge < -0.3 is 23.8 Å². The molecule has 0 saturated carbocycles. The Balaban J connectivity index is 4.46. The van der Waals surface area contributed by atoms with E-state index in [-0.39, 0.29) is 42.7 Å². The minimum atomic E-state index is -0.894. The third-order valence-corrected chi connectivity index (χ3v) is 8.95. The van der Waals surface area contributed by atoms with Gasteiger partial charge in [-0.1, -0.05) is 148 Å². The van der Waals surface area contributed by atoms with Gasteiger partial charge in [-0.25, -0.2) is 4.79 Å². The molecule has 0 aliphatic rings. The van der Waals surface area contributed by atoms with Crippen molar-refractivity contribution in [2.24, 2.45) is 0 Å². The van der Waals surface area contributed by atoms with E-state index < -0.39 is 18.1 Å². The molecule has 1 N–H and O–H groups in total. The summed E-state index contributed by atoms with van der Waals surface area (Å²) < 4.78 is 17.2. The third-order valence-electron chi connectivity index (χ3n) is 8.95. The number of allylic oxidation sites excluding steroid dienone is 20. The molecular formula is C51H80NO7+. The van der Waals surface area contributed by atoms with E-state index in [2.05, 4.69) is 98.9 Å². The van der Waals surface area contributed by atoms with Crippen molar-refractivity contribution in [3.05, 3.63) is 122 Å². The fourth-order valence-corrected chi connectivity index (χ4v) is 5.57. The molecule has 2 unspecified atom stereocenters. The molecular weight excluding hydrogens is 739 g/mol. The number of ether oxygens (including phenoxy) is 3. The second-order valence-electron chi connectivity index (χ2n) is 15.3. The molecule has 0 radical (unpaired) electrons. The van der Waals surface area contributed by atoms with E-state index >= 15 is 0 Å². The van der Waals surface area contributed by atoms with E-state index in [0.29, 0.717) is 19.3 Å². The van der Waals surface area contributed by atoms with Gasteiger partial charge in [0.25, 0.3) is 0 Å². The molecule has 0 aromatic rings. The maximum absolute atomic E-state index is 12.7. The Labute approximate surface area is 359 Å². The molecule has 0 aliphatic heterocycles. The average molecular weight is 819 g/mol. The molecule has 330 valence electrons. The largest absolute Gasteiger partial charge is 0.477 e. The highest BCUT2D eigenvalue weighted by molar-refractivity contribution is 5.72. The van der Waals surface area contributed by atoms with Crippen LogP contribution in [0.25, 0.3) is 0 Å². The van der Waals surface area contributed by atoms with Crippen LogP contribution in [0.1, 0.15) is 129 Å². The van der Waals surface area contributed by atoms with Crippen LogP contribution < -0.4 is 0 Å². The van der Waals surface area contributed by atoms with Crippen LogP contribution in [0, 0.1) is 0 Å². The minimum Gasteiger partial charge on any atom is -0.477 e. The Morgan fingerprint density at radius 2 is 0.983 bits per heavy atom. The number of hydrogen-bond donors (Lipinski definition) is 1. The van der Waals surface area contributed by atoms with Gasteiger partial charge in [-0.3, -0.25) is 9.59 Å². The van der Waals surface area contributed by atoms with E-state index in [0.717, 1.165) is 89.9 Å². The lowest BCUT2D eigenvalue weighted by atomic mass is 10.1. The number of quaternary nitrogens is 1. The van der Waals surface area contributed by atoms with Gasteiger partial charge in [0.2, 0.25) is 0 Å². The van der Waals surface area contributed by atoms with Crippen LogP contribution in [0.15, 0.2) is 122 Å². The topological polar surface area (TPSA) is 99.1 Å². The first-order valence-electron chi connectivity index (χ1n) is 22.1. The lowest BCUT2D eigenvalue weighted by molar-refractivity contribution is -0.887. The molecule has 0 aliphatic carbocycles. The smallest absolute Gasteiger partial charge is 0.362 e. The van der Waals surface area contributed by atoms with Crippen molar-refractivity contribution in [2.75, 3.05) is 41.0 Å². The van der Waals surface area contributed by atoms with Crippen LogP contribution in [0.2, 0.25) is 0 Å². The number of rotatable bonds is 37. The van der Waals surface area contributed by atoms with Gasteiger partial charge >= 0.3 is 17.9 Å². The first kappa shape index (κ1) is 54.7. The summed E-state index contributed by atoms with van der Waals surface area (Å²) in [7, 11) is 5.48. The second-order valence-corrected chi connectivity index (χ2v) is 15.3. The number of carboxylic acids is 1. The van der Waals surface area contributed by atoms with Crippen molar-refractivity contribution in [1.29, 1.82) is 0 Å². The van der Waals surface area contributed by atoms with Crippen molar-refractivity contribution < 1.29 is 38.2 Å². The summed E-state index contributed by atoms with van der Waals surface area (Å²) in [5.74, 6) is -1.58. The molecule has 0 bridgehead atoms. The lowest BCUT2D eigenvalue weighted by Crippen LogP contribution is -2.50. The number of carbonyl (C=O) groups excluding carboxylic acids is 2. The molecule has 0 heterocycles. The van der Waals surface area contributed by atoms with E-state index in [1.807, 2.05) is 57.6 Å². The normalized spacial score (nSPS) is 14.1. The standard InChI is InChI=1S/C51H79NO7/c1-6-8-10-12-14-16-18-20-21-22-23-24-25-26-27-28-30-31-33-35-37-39-41-49(53)58-46-47(45-57-44-43-48(51(55)56)52(3,4)5)59-50(54)42-40-38-36-34-32-29-19-17-15-13-11-9-7-2/h8-11,13-17,19-21,23-24,26-27,29-32,47-48H,6-7,12,18,22,25,28,33-46H2,1-5H3/p+1/b10-8+,11-9+,15-13+,16-14+,19-17+,21-20+,24-23+,27-26+,31-30+,32-29+. The number of aliphatic carboxylic acids is 1. The fourth-order valence-electron chi connectivity index (χ4n) is 5.57. The summed E-state index contributed by atoms with van der Waals surface area (Å²) in [6.07, 6.45) is 56.8. The summed E-state index contributed by atoms with van der Waals surface area (Å²) in [4.78, 5) is 37.0.